The zero-order valence-corrected chi connectivity index (χ0v) is 18.9. The maximum Gasteiger partial charge on any atom is 0.262 e. The summed E-state index contributed by atoms with van der Waals surface area (Å²) in [4.78, 5) is 45.9. The Labute approximate surface area is 205 Å². The molecule has 0 unspecified atom stereocenters. The Bertz CT molecular complexity index is 1590. The summed E-state index contributed by atoms with van der Waals surface area (Å²) in [6.07, 6.45) is 6.21. The van der Waals surface area contributed by atoms with Gasteiger partial charge in [0.2, 0.25) is 5.78 Å². The van der Waals surface area contributed by atoms with E-state index >= 15 is 0 Å². The topological polar surface area (TPSA) is 60.9 Å². The van der Waals surface area contributed by atoms with Crippen LogP contribution in [0.1, 0.15) is 31.8 Å². The van der Waals surface area contributed by atoms with E-state index in [0.717, 1.165) is 16.8 Å². The summed E-state index contributed by atoms with van der Waals surface area (Å²) in [5, 5.41) is 0. The van der Waals surface area contributed by atoms with Gasteiger partial charge >= 0.3 is 0 Å². The number of amides is 2. The zero-order valence-electron chi connectivity index (χ0n) is 18.9. The van der Waals surface area contributed by atoms with Gasteiger partial charge in [0.05, 0.1) is 23.4 Å². The summed E-state index contributed by atoms with van der Waals surface area (Å²) < 4.78 is 13.3. The molecule has 7 rings (SSSR count). The van der Waals surface area contributed by atoms with E-state index in [1.807, 2.05) is 47.4 Å². The third kappa shape index (κ3) is 2.57. The van der Waals surface area contributed by atoms with Crippen LogP contribution in [0.2, 0.25) is 0 Å². The molecule has 0 aliphatic carbocycles. The van der Waals surface area contributed by atoms with Gasteiger partial charge in [0.15, 0.2) is 5.54 Å². The highest BCUT2D eigenvalue weighted by atomic mass is 19.1. The van der Waals surface area contributed by atoms with Crippen molar-refractivity contribution in [2.24, 2.45) is 0 Å². The molecule has 36 heavy (non-hydrogen) atoms. The number of fused-ring (bicyclic) bond motifs is 5. The Hall–Kier alpha value is -4.78. The molecule has 7 heteroatoms. The van der Waals surface area contributed by atoms with Crippen molar-refractivity contribution in [3.63, 3.8) is 0 Å². The number of benzene rings is 3. The normalized spacial score (nSPS) is 18.5. The number of hydrogen-bond acceptors (Lipinski definition) is 4. The first-order valence-corrected chi connectivity index (χ1v) is 11.5. The van der Waals surface area contributed by atoms with Crippen LogP contribution in [0, 0.1) is 5.82 Å². The van der Waals surface area contributed by atoms with Crippen molar-refractivity contribution >= 4 is 28.9 Å². The number of nitrogens with zero attached hydrogens (tertiary/aromatic N) is 3. The molecule has 0 saturated heterocycles. The number of carbonyl (C=O) groups excluding carboxylic acids is 3. The molecule has 0 saturated carbocycles. The Morgan fingerprint density at radius 1 is 0.833 bits per heavy atom. The number of para-hydroxylation sites is 1. The Kier molecular flexibility index (Phi) is 4.07. The fraction of sp³-hybridized carbons (Fsp3) is 0.0690. The van der Waals surface area contributed by atoms with Gasteiger partial charge in [-0.25, -0.2) is 4.39 Å². The first-order chi connectivity index (χ1) is 17.5. The van der Waals surface area contributed by atoms with Gasteiger partial charge in [-0.2, -0.15) is 0 Å². The molecule has 2 amide bonds. The smallest absolute Gasteiger partial charge is 0.262 e. The molecule has 6 nitrogen and oxygen atoms in total. The quantitative estimate of drug-likeness (QED) is 0.521. The zero-order chi connectivity index (χ0) is 24.6. The molecule has 4 heterocycles. The van der Waals surface area contributed by atoms with Gasteiger partial charge in [0.25, 0.3) is 11.8 Å². The molecule has 0 atom stereocenters. The number of rotatable bonds is 1. The molecule has 174 valence electrons. The van der Waals surface area contributed by atoms with Crippen LogP contribution in [0.3, 0.4) is 0 Å². The molecule has 3 aromatic rings. The lowest BCUT2D eigenvalue weighted by Gasteiger charge is -2.44. The average Bonchev–Trinajstić information content (AvgIpc) is 3.16. The summed E-state index contributed by atoms with van der Waals surface area (Å²) in [5.74, 6) is -0.737. The highest BCUT2D eigenvalue weighted by Gasteiger charge is 2.58. The van der Waals surface area contributed by atoms with E-state index in [4.69, 9.17) is 0 Å². The molecular weight excluding hydrogens is 457 g/mol. The van der Waals surface area contributed by atoms with Crippen LogP contribution in [0.5, 0.6) is 0 Å². The third-order valence-corrected chi connectivity index (χ3v) is 7.20. The second kappa shape index (κ2) is 7.11. The van der Waals surface area contributed by atoms with Crippen molar-refractivity contribution in [1.29, 1.82) is 0 Å². The van der Waals surface area contributed by atoms with Gasteiger partial charge < -0.3 is 4.90 Å². The standard InChI is InChI=1S/C29H18FN3O3/c30-20-11-9-18(10-12-20)27(35)31-15-13-29(14-16-31)25(34)24-21-6-2-1-5-19(21)17-32-23-8-4-3-7-22(23)28(36)33(29)26(24)32/h1-16H,17H2. The largest absolute Gasteiger partial charge is 0.322 e. The second-order valence-corrected chi connectivity index (χ2v) is 9.10. The summed E-state index contributed by atoms with van der Waals surface area (Å²) in [7, 11) is 0. The highest BCUT2D eigenvalue weighted by Crippen LogP contribution is 2.52. The fourth-order valence-corrected chi connectivity index (χ4v) is 5.48. The summed E-state index contributed by atoms with van der Waals surface area (Å²) in [6.45, 7) is 0.530. The number of carbonyl (C=O) groups is 3. The molecule has 0 radical (unpaired) electrons. The number of hydrogen-bond donors (Lipinski definition) is 0. The third-order valence-electron chi connectivity index (χ3n) is 7.20. The van der Waals surface area contributed by atoms with Crippen LogP contribution in [0.4, 0.5) is 10.1 Å². The Morgan fingerprint density at radius 3 is 2.25 bits per heavy atom. The van der Waals surface area contributed by atoms with Crippen LogP contribution in [-0.4, -0.2) is 32.9 Å². The molecule has 0 fully saturated rings. The van der Waals surface area contributed by atoms with Gasteiger partial charge in [0.1, 0.15) is 11.6 Å². The molecule has 0 aromatic heterocycles. The number of anilines is 1. The van der Waals surface area contributed by atoms with Gasteiger partial charge in [-0.15, -0.1) is 0 Å². The van der Waals surface area contributed by atoms with Crippen LogP contribution in [-0.2, 0) is 11.3 Å². The van der Waals surface area contributed by atoms with E-state index in [1.165, 1.54) is 41.6 Å². The molecule has 4 aliphatic heterocycles. The van der Waals surface area contributed by atoms with Crippen molar-refractivity contribution in [2.45, 2.75) is 12.1 Å². The van der Waals surface area contributed by atoms with E-state index in [9.17, 15) is 18.8 Å². The van der Waals surface area contributed by atoms with E-state index in [-0.39, 0.29) is 17.6 Å². The molecule has 0 bridgehead atoms. The van der Waals surface area contributed by atoms with Crippen molar-refractivity contribution < 1.29 is 18.8 Å². The maximum absolute atomic E-state index is 14.2. The van der Waals surface area contributed by atoms with Crippen molar-refractivity contribution in [2.75, 3.05) is 4.90 Å². The minimum Gasteiger partial charge on any atom is -0.322 e. The van der Waals surface area contributed by atoms with E-state index in [1.54, 1.807) is 23.1 Å². The summed E-state index contributed by atoms with van der Waals surface area (Å²) in [5.41, 5.74) is 2.50. The Morgan fingerprint density at radius 2 is 1.50 bits per heavy atom. The lowest BCUT2D eigenvalue weighted by Crippen LogP contribution is -2.55. The van der Waals surface area contributed by atoms with Gasteiger partial charge in [-0.1, -0.05) is 36.4 Å². The molecule has 0 N–H and O–H groups in total. The van der Waals surface area contributed by atoms with E-state index in [2.05, 4.69) is 0 Å². The SMILES string of the molecule is O=C(c1ccc(F)cc1)N1C=CC2(C=C1)C(=O)C1=C3N(Cc4ccccc41)c1ccccc1C(=O)N32. The molecule has 4 aliphatic rings. The second-order valence-electron chi connectivity index (χ2n) is 9.10. The van der Waals surface area contributed by atoms with Crippen molar-refractivity contribution in [1.82, 2.24) is 9.80 Å². The first-order valence-electron chi connectivity index (χ1n) is 11.5. The number of Topliss-reactive ketones (excluding diaryl/α,β-unsaturated/α-hetero) is 1. The minimum absolute atomic E-state index is 0.225. The molecular formula is C29H18FN3O3. The highest BCUT2D eigenvalue weighted by molar-refractivity contribution is 6.34. The Balaban J connectivity index is 1.36. The lowest BCUT2D eigenvalue weighted by molar-refractivity contribution is -0.117. The van der Waals surface area contributed by atoms with Crippen molar-refractivity contribution in [3.05, 3.63) is 131 Å². The summed E-state index contributed by atoms with van der Waals surface area (Å²) in [6, 6.07) is 20.4. The van der Waals surface area contributed by atoms with E-state index in [0.29, 0.717) is 29.1 Å². The molecule has 3 aromatic carbocycles. The maximum atomic E-state index is 14.2. The predicted octanol–water partition coefficient (Wildman–Crippen LogP) is 4.48. The average molecular weight is 475 g/mol. The minimum atomic E-state index is -1.40. The van der Waals surface area contributed by atoms with Crippen LogP contribution in [0.15, 0.2) is 103 Å². The number of halogens is 1. The van der Waals surface area contributed by atoms with E-state index < -0.39 is 11.4 Å². The van der Waals surface area contributed by atoms with Crippen LogP contribution >= 0.6 is 0 Å². The van der Waals surface area contributed by atoms with Crippen LogP contribution in [0.25, 0.3) is 5.57 Å². The van der Waals surface area contributed by atoms with Crippen molar-refractivity contribution in [3.8, 4) is 0 Å². The lowest BCUT2D eigenvalue weighted by atomic mass is 9.86. The number of ketones is 1. The first kappa shape index (κ1) is 20.6. The predicted molar refractivity (Wildman–Crippen MR) is 131 cm³/mol. The van der Waals surface area contributed by atoms with Gasteiger partial charge in [-0.3, -0.25) is 24.2 Å². The molecule has 1 spiro atoms. The van der Waals surface area contributed by atoms with Gasteiger partial charge in [-0.05, 0) is 59.7 Å². The monoisotopic (exact) mass is 475 g/mol. The summed E-state index contributed by atoms with van der Waals surface area (Å²) >= 11 is 0. The fourth-order valence-electron chi connectivity index (χ4n) is 5.48. The van der Waals surface area contributed by atoms with Gasteiger partial charge in [0, 0.05) is 18.0 Å². The van der Waals surface area contributed by atoms with Crippen LogP contribution < -0.4 is 4.90 Å².